The summed E-state index contributed by atoms with van der Waals surface area (Å²) in [6.45, 7) is 3.26. The van der Waals surface area contributed by atoms with Crippen molar-refractivity contribution in [1.29, 1.82) is 0 Å². The van der Waals surface area contributed by atoms with E-state index in [4.69, 9.17) is 16.7 Å². The summed E-state index contributed by atoms with van der Waals surface area (Å²) < 4.78 is 0. The van der Waals surface area contributed by atoms with Crippen LogP contribution in [-0.2, 0) is 16.0 Å². The van der Waals surface area contributed by atoms with Crippen LogP contribution in [0.3, 0.4) is 0 Å². The molecule has 0 saturated carbocycles. The van der Waals surface area contributed by atoms with Crippen LogP contribution >= 0.6 is 11.6 Å². The summed E-state index contributed by atoms with van der Waals surface area (Å²) >= 11 is 5.92. The van der Waals surface area contributed by atoms with Crippen molar-refractivity contribution in [2.24, 2.45) is 0 Å². The van der Waals surface area contributed by atoms with Gasteiger partial charge in [-0.3, -0.25) is 9.59 Å². The van der Waals surface area contributed by atoms with Crippen molar-refractivity contribution in [2.75, 3.05) is 0 Å². The Morgan fingerprint density at radius 3 is 2.50 bits per heavy atom. The van der Waals surface area contributed by atoms with E-state index in [1.165, 1.54) is 6.92 Å². The molecular weight excluding hydrogens is 228 g/mol. The third-order valence-electron chi connectivity index (χ3n) is 2.16. The number of rotatable bonds is 4. The number of hydrogen-bond donors (Lipinski definition) is 1. The zero-order valence-electron chi connectivity index (χ0n) is 9.16. The Morgan fingerprint density at radius 2 is 2.00 bits per heavy atom. The molecule has 0 aliphatic carbocycles. The van der Waals surface area contributed by atoms with E-state index in [1.807, 2.05) is 6.92 Å². The normalized spacial score (nSPS) is 12.2. The number of hydrogen-bond acceptors (Lipinski definition) is 2. The molecule has 0 heterocycles. The molecule has 1 aromatic rings. The summed E-state index contributed by atoms with van der Waals surface area (Å²) in [7, 11) is 0. The van der Waals surface area contributed by atoms with Crippen LogP contribution in [0.2, 0.25) is 0 Å². The van der Waals surface area contributed by atoms with E-state index in [1.54, 1.807) is 18.2 Å². The second kappa shape index (κ2) is 5.12. The van der Waals surface area contributed by atoms with Gasteiger partial charge in [-0.1, -0.05) is 23.8 Å². The Labute approximate surface area is 99.0 Å². The van der Waals surface area contributed by atoms with Gasteiger partial charge in [0.05, 0.1) is 6.42 Å². The third-order valence-corrected chi connectivity index (χ3v) is 2.72. The summed E-state index contributed by atoms with van der Waals surface area (Å²) in [5.74, 6) is -1.04. The van der Waals surface area contributed by atoms with Crippen molar-refractivity contribution in [3.8, 4) is 0 Å². The number of aryl methyl sites for hydroxylation is 1. The molecule has 0 fully saturated rings. The van der Waals surface area contributed by atoms with Gasteiger partial charge in [0, 0.05) is 0 Å². The molecule has 3 nitrogen and oxygen atoms in total. The summed E-state index contributed by atoms with van der Waals surface area (Å²) in [6, 6.07) is 5.24. The van der Waals surface area contributed by atoms with E-state index in [0.717, 1.165) is 5.56 Å². The molecule has 0 bridgehead atoms. The fourth-order valence-corrected chi connectivity index (χ4v) is 1.68. The number of carboxylic acids is 1. The molecule has 0 aliphatic rings. The predicted octanol–water partition coefficient (Wildman–Crippen LogP) is 2.49. The molecule has 4 heteroatoms. The second-order valence-electron chi connectivity index (χ2n) is 3.80. The van der Waals surface area contributed by atoms with Gasteiger partial charge in [0.25, 0.3) is 0 Å². The third kappa shape index (κ3) is 3.35. The average Bonchev–Trinajstić information content (AvgIpc) is 2.14. The zero-order valence-corrected chi connectivity index (χ0v) is 9.91. The number of carbonyl (C=O) groups excluding carboxylic acids is 1. The topological polar surface area (TPSA) is 54.4 Å². The highest BCUT2D eigenvalue weighted by Gasteiger charge is 2.14. The van der Waals surface area contributed by atoms with Crippen molar-refractivity contribution < 1.29 is 14.7 Å². The highest BCUT2D eigenvalue weighted by Crippen LogP contribution is 2.24. The Hall–Kier alpha value is -1.35. The van der Waals surface area contributed by atoms with Gasteiger partial charge in [-0.2, -0.15) is 0 Å². The van der Waals surface area contributed by atoms with Gasteiger partial charge in [0.15, 0.2) is 5.78 Å². The van der Waals surface area contributed by atoms with Crippen LogP contribution in [0.5, 0.6) is 0 Å². The molecule has 1 atom stereocenters. The summed E-state index contributed by atoms with van der Waals surface area (Å²) in [6.07, 6.45) is -0.0593. The molecule has 0 aliphatic heterocycles. The first-order valence-corrected chi connectivity index (χ1v) is 5.30. The molecule has 1 aromatic carbocycles. The van der Waals surface area contributed by atoms with Gasteiger partial charge in [0.1, 0.15) is 5.38 Å². The predicted molar refractivity (Wildman–Crippen MR) is 61.8 cm³/mol. The number of Topliss-reactive ketones (excluding diaryl/α,β-unsaturated/α-hetero) is 1. The highest BCUT2D eigenvalue weighted by molar-refractivity contribution is 6.30. The summed E-state index contributed by atoms with van der Waals surface area (Å²) in [5.41, 5.74) is 2.22. The lowest BCUT2D eigenvalue weighted by molar-refractivity contribution is -0.136. The first kappa shape index (κ1) is 12.7. The zero-order chi connectivity index (χ0) is 12.3. The molecular formula is C12H13ClO3. The molecule has 0 spiro atoms. The Bertz CT molecular complexity index is 426. The molecule has 16 heavy (non-hydrogen) atoms. The fourth-order valence-electron chi connectivity index (χ4n) is 1.55. The number of ketones is 1. The van der Waals surface area contributed by atoms with Gasteiger partial charge in [0.2, 0.25) is 0 Å². The van der Waals surface area contributed by atoms with E-state index in [-0.39, 0.29) is 12.2 Å². The van der Waals surface area contributed by atoms with Gasteiger partial charge in [-0.25, -0.2) is 0 Å². The van der Waals surface area contributed by atoms with Crippen LogP contribution in [0.1, 0.15) is 29.0 Å². The van der Waals surface area contributed by atoms with E-state index < -0.39 is 11.3 Å². The maximum Gasteiger partial charge on any atom is 0.307 e. The van der Waals surface area contributed by atoms with E-state index in [2.05, 4.69) is 0 Å². The second-order valence-corrected chi connectivity index (χ2v) is 4.23. The minimum atomic E-state index is -0.898. The maximum atomic E-state index is 11.1. The van der Waals surface area contributed by atoms with Crippen molar-refractivity contribution >= 4 is 23.4 Å². The Balaban J connectivity index is 3.07. The van der Waals surface area contributed by atoms with Crippen LogP contribution in [0.25, 0.3) is 0 Å². The van der Waals surface area contributed by atoms with Gasteiger partial charge >= 0.3 is 5.97 Å². The number of aliphatic carboxylic acids is 1. The number of carboxylic acid groups (broad SMARTS) is 1. The maximum absolute atomic E-state index is 11.1. The van der Waals surface area contributed by atoms with Crippen molar-refractivity contribution in [3.05, 3.63) is 34.9 Å². The van der Waals surface area contributed by atoms with Crippen LogP contribution in [-0.4, -0.2) is 16.9 Å². The number of halogens is 1. The number of benzene rings is 1. The molecule has 1 rings (SSSR count). The van der Waals surface area contributed by atoms with Gasteiger partial charge in [-0.05, 0) is 25.0 Å². The fraction of sp³-hybridized carbons (Fsp3) is 0.333. The average molecular weight is 241 g/mol. The van der Waals surface area contributed by atoms with Crippen molar-refractivity contribution in [1.82, 2.24) is 0 Å². The Kier molecular flexibility index (Phi) is 4.07. The van der Waals surface area contributed by atoms with Crippen LogP contribution < -0.4 is 0 Å². The SMILES string of the molecule is CC(=O)C(Cl)c1cc(C)cc(CC(=O)O)c1. The molecule has 0 saturated heterocycles. The van der Waals surface area contributed by atoms with Gasteiger partial charge < -0.3 is 5.11 Å². The monoisotopic (exact) mass is 240 g/mol. The lowest BCUT2D eigenvalue weighted by Gasteiger charge is -2.09. The molecule has 1 unspecified atom stereocenters. The molecule has 1 N–H and O–H groups in total. The Morgan fingerprint density at radius 1 is 1.38 bits per heavy atom. The van der Waals surface area contributed by atoms with Crippen molar-refractivity contribution in [3.63, 3.8) is 0 Å². The van der Waals surface area contributed by atoms with E-state index >= 15 is 0 Å². The first-order valence-electron chi connectivity index (χ1n) is 4.87. The first-order chi connectivity index (χ1) is 7.40. The van der Waals surface area contributed by atoms with Crippen molar-refractivity contribution in [2.45, 2.75) is 25.6 Å². The molecule has 0 radical (unpaired) electrons. The number of alkyl halides is 1. The standard InChI is InChI=1S/C12H13ClO3/c1-7-3-9(6-11(15)16)5-10(4-7)12(13)8(2)14/h3-5,12H,6H2,1-2H3,(H,15,16). The van der Waals surface area contributed by atoms with Crippen LogP contribution in [0.15, 0.2) is 18.2 Å². The molecule has 0 amide bonds. The lowest BCUT2D eigenvalue weighted by atomic mass is 10.0. The quantitative estimate of drug-likeness (QED) is 0.823. The highest BCUT2D eigenvalue weighted by atomic mass is 35.5. The number of carbonyl (C=O) groups is 2. The molecule has 0 aromatic heterocycles. The van der Waals surface area contributed by atoms with E-state index in [9.17, 15) is 9.59 Å². The van der Waals surface area contributed by atoms with Gasteiger partial charge in [-0.15, -0.1) is 11.6 Å². The lowest BCUT2D eigenvalue weighted by Crippen LogP contribution is -2.05. The minimum Gasteiger partial charge on any atom is -0.481 e. The summed E-state index contributed by atoms with van der Waals surface area (Å²) in [5, 5.41) is 8.00. The smallest absolute Gasteiger partial charge is 0.307 e. The minimum absolute atomic E-state index is 0.0593. The van der Waals surface area contributed by atoms with Crippen LogP contribution in [0.4, 0.5) is 0 Å². The summed E-state index contributed by atoms with van der Waals surface area (Å²) in [4.78, 5) is 21.7. The molecule has 86 valence electrons. The van der Waals surface area contributed by atoms with E-state index in [0.29, 0.717) is 11.1 Å². The van der Waals surface area contributed by atoms with Crippen LogP contribution in [0, 0.1) is 6.92 Å². The largest absolute Gasteiger partial charge is 0.481 e.